The number of benzene rings is 1. The largest absolute Gasteiger partial charge is 0.345 e. The Hall–Kier alpha value is -2.37. The summed E-state index contributed by atoms with van der Waals surface area (Å²) in [5.74, 6) is -1.03. The minimum Gasteiger partial charge on any atom is -0.345 e. The molecule has 6 nitrogen and oxygen atoms in total. The summed E-state index contributed by atoms with van der Waals surface area (Å²) in [5.41, 5.74) is 2.24. The predicted octanol–water partition coefficient (Wildman–Crippen LogP) is 1.90. The van der Waals surface area contributed by atoms with Crippen LogP contribution in [-0.2, 0) is 9.59 Å². The number of anilines is 1. The van der Waals surface area contributed by atoms with Crippen LogP contribution in [0.1, 0.15) is 26.2 Å². The molecule has 1 unspecified atom stereocenters. The maximum Gasteiger partial charge on any atom is 0.313 e. The van der Waals surface area contributed by atoms with E-state index in [9.17, 15) is 9.59 Å². The molecule has 110 valence electrons. The van der Waals surface area contributed by atoms with Crippen molar-refractivity contribution in [1.29, 1.82) is 0 Å². The fourth-order valence-electron chi connectivity index (χ4n) is 2.73. The number of hydrogen-bond acceptors (Lipinski definition) is 3. The average Bonchev–Trinajstić information content (AvgIpc) is 2.94. The van der Waals surface area contributed by atoms with Crippen LogP contribution in [-0.4, -0.2) is 39.3 Å². The maximum atomic E-state index is 12.2. The molecule has 1 aromatic carbocycles. The highest BCUT2D eigenvalue weighted by Crippen LogP contribution is 2.18. The Morgan fingerprint density at radius 2 is 2.24 bits per heavy atom. The molecule has 2 aromatic rings. The number of H-pyrrole nitrogens is 1. The van der Waals surface area contributed by atoms with Crippen molar-refractivity contribution in [3.63, 3.8) is 0 Å². The van der Waals surface area contributed by atoms with Gasteiger partial charge in [-0.25, -0.2) is 4.98 Å². The number of carbonyl (C=O) groups is 2. The third-order valence-electron chi connectivity index (χ3n) is 3.94. The van der Waals surface area contributed by atoms with Gasteiger partial charge in [0.2, 0.25) is 0 Å². The van der Waals surface area contributed by atoms with Gasteiger partial charge in [0, 0.05) is 18.3 Å². The first-order valence-corrected chi connectivity index (χ1v) is 7.20. The molecule has 21 heavy (non-hydrogen) atoms. The topological polar surface area (TPSA) is 78.1 Å². The SMILES string of the molecule is CC1CCCCN1C(=O)C(=O)Nc1ccc2nc[nH]c2c1. The number of amides is 2. The first-order chi connectivity index (χ1) is 10.1. The summed E-state index contributed by atoms with van der Waals surface area (Å²) in [6.07, 6.45) is 4.63. The number of carbonyl (C=O) groups excluding carboxylic acids is 2. The van der Waals surface area contributed by atoms with Crippen LogP contribution in [0, 0.1) is 0 Å². The number of nitrogens with zero attached hydrogens (tertiary/aromatic N) is 2. The lowest BCUT2D eigenvalue weighted by atomic mass is 10.0. The van der Waals surface area contributed by atoms with E-state index in [4.69, 9.17) is 0 Å². The van der Waals surface area contributed by atoms with Gasteiger partial charge < -0.3 is 15.2 Å². The molecule has 2 heterocycles. The van der Waals surface area contributed by atoms with Gasteiger partial charge >= 0.3 is 11.8 Å². The lowest BCUT2D eigenvalue weighted by Crippen LogP contribution is -2.47. The second-order valence-corrected chi connectivity index (χ2v) is 5.43. The Kier molecular flexibility index (Phi) is 3.60. The van der Waals surface area contributed by atoms with Crippen molar-refractivity contribution in [2.45, 2.75) is 32.2 Å². The van der Waals surface area contributed by atoms with E-state index in [1.54, 1.807) is 29.4 Å². The summed E-state index contributed by atoms with van der Waals surface area (Å²) in [6, 6.07) is 5.45. The Labute approximate surface area is 122 Å². The molecule has 0 saturated carbocycles. The molecule has 1 aromatic heterocycles. The van der Waals surface area contributed by atoms with E-state index in [0.717, 1.165) is 30.3 Å². The minimum atomic E-state index is -0.581. The number of aromatic nitrogens is 2. The average molecular weight is 286 g/mol. The standard InChI is InChI=1S/C15H18N4O2/c1-10-4-2-3-7-19(10)15(21)14(20)18-11-5-6-12-13(8-11)17-9-16-12/h5-6,8-10H,2-4,7H2,1H3,(H,16,17)(H,18,20). The summed E-state index contributed by atoms with van der Waals surface area (Å²) in [5, 5.41) is 2.66. The molecule has 0 aliphatic carbocycles. The van der Waals surface area contributed by atoms with Gasteiger partial charge in [0.15, 0.2) is 0 Å². The molecular weight excluding hydrogens is 268 g/mol. The van der Waals surface area contributed by atoms with Gasteiger partial charge in [-0.1, -0.05) is 0 Å². The van der Waals surface area contributed by atoms with Crippen LogP contribution in [0.5, 0.6) is 0 Å². The van der Waals surface area contributed by atoms with Crippen molar-refractivity contribution in [1.82, 2.24) is 14.9 Å². The lowest BCUT2D eigenvalue weighted by molar-refractivity contribution is -0.145. The minimum absolute atomic E-state index is 0.132. The molecule has 2 N–H and O–H groups in total. The van der Waals surface area contributed by atoms with E-state index >= 15 is 0 Å². The molecule has 1 aliphatic heterocycles. The van der Waals surface area contributed by atoms with Gasteiger partial charge in [-0.2, -0.15) is 0 Å². The van der Waals surface area contributed by atoms with E-state index in [1.165, 1.54) is 0 Å². The highest BCUT2D eigenvalue weighted by atomic mass is 16.2. The summed E-state index contributed by atoms with van der Waals surface area (Å²) in [6.45, 7) is 2.65. The number of fused-ring (bicyclic) bond motifs is 1. The number of rotatable bonds is 1. The third-order valence-corrected chi connectivity index (χ3v) is 3.94. The van der Waals surface area contributed by atoms with Crippen molar-refractivity contribution >= 4 is 28.5 Å². The van der Waals surface area contributed by atoms with Crippen molar-refractivity contribution in [2.75, 3.05) is 11.9 Å². The van der Waals surface area contributed by atoms with E-state index in [2.05, 4.69) is 15.3 Å². The third kappa shape index (κ3) is 2.74. The molecule has 0 radical (unpaired) electrons. The normalized spacial score (nSPS) is 18.7. The van der Waals surface area contributed by atoms with E-state index < -0.39 is 11.8 Å². The van der Waals surface area contributed by atoms with Crippen molar-refractivity contribution in [3.8, 4) is 0 Å². The van der Waals surface area contributed by atoms with Crippen LogP contribution in [0.25, 0.3) is 11.0 Å². The Bertz CT molecular complexity index is 679. The quantitative estimate of drug-likeness (QED) is 0.786. The molecular formula is C15H18N4O2. The van der Waals surface area contributed by atoms with Crippen molar-refractivity contribution < 1.29 is 9.59 Å². The molecule has 3 rings (SSSR count). The lowest BCUT2D eigenvalue weighted by Gasteiger charge is -2.32. The van der Waals surface area contributed by atoms with E-state index in [0.29, 0.717) is 12.2 Å². The van der Waals surface area contributed by atoms with Gasteiger partial charge in [0.25, 0.3) is 0 Å². The van der Waals surface area contributed by atoms with E-state index in [1.807, 2.05) is 6.92 Å². The van der Waals surface area contributed by atoms with Crippen LogP contribution in [0.3, 0.4) is 0 Å². The second-order valence-electron chi connectivity index (χ2n) is 5.43. The van der Waals surface area contributed by atoms with E-state index in [-0.39, 0.29) is 6.04 Å². The zero-order chi connectivity index (χ0) is 14.8. The van der Waals surface area contributed by atoms with Gasteiger partial charge in [-0.3, -0.25) is 9.59 Å². The number of hydrogen-bond donors (Lipinski definition) is 2. The summed E-state index contributed by atoms with van der Waals surface area (Å²) < 4.78 is 0. The first kappa shape index (κ1) is 13.6. The number of imidazole rings is 1. The molecule has 1 aliphatic rings. The van der Waals surface area contributed by atoms with Crippen LogP contribution in [0.4, 0.5) is 5.69 Å². The van der Waals surface area contributed by atoms with Crippen LogP contribution < -0.4 is 5.32 Å². The summed E-state index contributed by atoms with van der Waals surface area (Å²) >= 11 is 0. The van der Waals surface area contributed by atoms with Crippen LogP contribution >= 0.6 is 0 Å². The molecule has 1 saturated heterocycles. The molecule has 1 fully saturated rings. The monoisotopic (exact) mass is 286 g/mol. The fraction of sp³-hybridized carbons (Fsp3) is 0.400. The van der Waals surface area contributed by atoms with Crippen molar-refractivity contribution in [2.24, 2.45) is 0 Å². The summed E-state index contributed by atoms with van der Waals surface area (Å²) in [7, 11) is 0. The highest BCUT2D eigenvalue weighted by molar-refractivity contribution is 6.39. The van der Waals surface area contributed by atoms with Crippen LogP contribution in [0.2, 0.25) is 0 Å². The number of piperidine rings is 1. The Balaban J connectivity index is 1.71. The number of nitrogens with one attached hydrogen (secondary N) is 2. The smallest absolute Gasteiger partial charge is 0.313 e. The van der Waals surface area contributed by atoms with Gasteiger partial charge in [-0.15, -0.1) is 0 Å². The second kappa shape index (κ2) is 5.55. The number of likely N-dealkylation sites (tertiary alicyclic amines) is 1. The first-order valence-electron chi connectivity index (χ1n) is 7.20. The number of aromatic amines is 1. The fourth-order valence-corrected chi connectivity index (χ4v) is 2.73. The Morgan fingerprint density at radius 1 is 1.38 bits per heavy atom. The molecule has 0 spiro atoms. The van der Waals surface area contributed by atoms with Crippen LogP contribution in [0.15, 0.2) is 24.5 Å². The highest BCUT2D eigenvalue weighted by Gasteiger charge is 2.28. The summed E-state index contributed by atoms with van der Waals surface area (Å²) in [4.78, 5) is 33.1. The van der Waals surface area contributed by atoms with Gasteiger partial charge in [-0.05, 0) is 44.4 Å². The molecule has 0 bridgehead atoms. The van der Waals surface area contributed by atoms with Crippen molar-refractivity contribution in [3.05, 3.63) is 24.5 Å². The van der Waals surface area contributed by atoms with Gasteiger partial charge in [0.1, 0.15) is 0 Å². The molecule has 2 amide bonds. The van der Waals surface area contributed by atoms with Gasteiger partial charge in [0.05, 0.1) is 17.4 Å². The molecule has 6 heteroatoms. The maximum absolute atomic E-state index is 12.2. The zero-order valence-electron chi connectivity index (χ0n) is 11.9. The Morgan fingerprint density at radius 3 is 3.05 bits per heavy atom. The molecule has 1 atom stereocenters. The predicted molar refractivity (Wildman–Crippen MR) is 79.7 cm³/mol. The zero-order valence-corrected chi connectivity index (χ0v) is 11.9.